The summed E-state index contributed by atoms with van der Waals surface area (Å²) in [5, 5.41) is 4.59. The van der Waals surface area contributed by atoms with E-state index >= 15 is 0 Å². The molecule has 0 saturated heterocycles. The normalized spacial score (nSPS) is 10.7. The molecule has 7 heteroatoms. The van der Waals surface area contributed by atoms with Gasteiger partial charge in [0.25, 0.3) is 5.91 Å². The van der Waals surface area contributed by atoms with Crippen LogP contribution in [0.2, 0.25) is 0 Å². The number of hydrogen-bond donors (Lipinski definition) is 3. The second kappa shape index (κ2) is 8.29. The number of rotatable bonds is 3. The summed E-state index contributed by atoms with van der Waals surface area (Å²) in [5.74, 6) is -0.333. The number of furan rings is 1. The Morgan fingerprint density at radius 1 is 1.04 bits per heavy atom. The van der Waals surface area contributed by atoms with Crippen LogP contribution < -0.4 is 16.2 Å². The summed E-state index contributed by atoms with van der Waals surface area (Å²) in [7, 11) is 0. The lowest BCUT2D eigenvalue weighted by Gasteiger charge is -2.09. The molecule has 1 aromatic heterocycles. The molecule has 2 amide bonds. The highest BCUT2D eigenvalue weighted by Gasteiger charge is 2.11. The van der Waals surface area contributed by atoms with Gasteiger partial charge in [0.15, 0.2) is 5.11 Å². The van der Waals surface area contributed by atoms with Crippen molar-refractivity contribution in [1.29, 1.82) is 0 Å². The highest BCUT2D eigenvalue weighted by atomic mass is 32.1. The quantitative estimate of drug-likeness (QED) is 0.370. The van der Waals surface area contributed by atoms with E-state index in [0.29, 0.717) is 11.3 Å². The largest absolute Gasteiger partial charge is 0.469 e. The molecule has 3 rings (SSSR count). The number of hydrazine groups is 1. The van der Waals surface area contributed by atoms with Crippen LogP contribution in [0.15, 0.2) is 65.3 Å². The Balaban J connectivity index is 1.55. The molecular formula is C20H17N3O3S. The van der Waals surface area contributed by atoms with Crippen LogP contribution in [0.5, 0.6) is 0 Å². The van der Waals surface area contributed by atoms with Gasteiger partial charge in [-0.15, -0.1) is 0 Å². The van der Waals surface area contributed by atoms with Crippen molar-refractivity contribution in [3.8, 4) is 0 Å². The Labute approximate surface area is 161 Å². The number of nitrogens with one attached hydrogen (secondary N) is 3. The number of carbonyl (C=O) groups is 2. The monoisotopic (exact) mass is 379 g/mol. The molecular weight excluding hydrogens is 362 g/mol. The first-order valence-electron chi connectivity index (χ1n) is 8.16. The molecule has 0 radical (unpaired) electrons. The van der Waals surface area contributed by atoms with Crippen molar-refractivity contribution in [2.45, 2.75) is 6.92 Å². The molecule has 0 saturated carbocycles. The van der Waals surface area contributed by atoms with Crippen LogP contribution in [0.25, 0.3) is 16.8 Å². The van der Waals surface area contributed by atoms with Crippen LogP contribution >= 0.6 is 12.2 Å². The summed E-state index contributed by atoms with van der Waals surface area (Å²) in [6.07, 6.45) is 4.52. The van der Waals surface area contributed by atoms with Gasteiger partial charge in [0.1, 0.15) is 5.76 Å². The fraction of sp³-hybridized carbons (Fsp3) is 0.0500. The lowest BCUT2D eigenvalue weighted by atomic mass is 10.0. The minimum Gasteiger partial charge on any atom is -0.469 e. The minimum atomic E-state index is -0.413. The van der Waals surface area contributed by atoms with E-state index in [1.165, 1.54) is 12.3 Å². The maximum atomic E-state index is 12.0. The van der Waals surface area contributed by atoms with Crippen LogP contribution in [0.4, 0.5) is 0 Å². The molecule has 0 fully saturated rings. The van der Waals surface area contributed by atoms with Gasteiger partial charge in [-0.2, -0.15) is 0 Å². The molecule has 0 atom stereocenters. The van der Waals surface area contributed by atoms with Gasteiger partial charge in [-0.1, -0.05) is 42.5 Å². The lowest BCUT2D eigenvalue weighted by Crippen LogP contribution is -2.48. The molecule has 136 valence electrons. The van der Waals surface area contributed by atoms with Gasteiger partial charge in [0.2, 0.25) is 5.91 Å². The molecule has 0 bridgehead atoms. The van der Waals surface area contributed by atoms with Crippen LogP contribution in [0, 0.1) is 6.92 Å². The fourth-order valence-electron chi connectivity index (χ4n) is 2.55. The van der Waals surface area contributed by atoms with E-state index in [1.54, 1.807) is 19.1 Å². The second-order valence-electron chi connectivity index (χ2n) is 5.69. The van der Waals surface area contributed by atoms with E-state index in [1.807, 2.05) is 42.5 Å². The van der Waals surface area contributed by atoms with E-state index in [4.69, 9.17) is 16.6 Å². The van der Waals surface area contributed by atoms with Gasteiger partial charge in [-0.3, -0.25) is 25.8 Å². The van der Waals surface area contributed by atoms with Crippen molar-refractivity contribution in [1.82, 2.24) is 16.2 Å². The van der Waals surface area contributed by atoms with E-state index in [0.717, 1.165) is 16.3 Å². The SMILES string of the molecule is Cc1occc1C(=O)NNC(=S)NC(=O)C=Cc1cccc2ccccc12. The highest BCUT2D eigenvalue weighted by Crippen LogP contribution is 2.19. The van der Waals surface area contributed by atoms with Crippen molar-refractivity contribution in [2.75, 3.05) is 0 Å². The topological polar surface area (TPSA) is 83.4 Å². The number of fused-ring (bicyclic) bond motifs is 1. The Hall–Kier alpha value is -3.45. The summed E-state index contributed by atoms with van der Waals surface area (Å²) < 4.78 is 5.06. The smallest absolute Gasteiger partial charge is 0.273 e. The number of benzene rings is 2. The number of thiocarbonyl (C=S) groups is 1. The number of aryl methyl sites for hydroxylation is 1. The molecule has 3 aromatic rings. The summed E-state index contributed by atoms with van der Waals surface area (Å²) >= 11 is 5.00. The lowest BCUT2D eigenvalue weighted by molar-refractivity contribution is -0.115. The highest BCUT2D eigenvalue weighted by molar-refractivity contribution is 7.80. The van der Waals surface area contributed by atoms with Gasteiger partial charge in [0.05, 0.1) is 11.8 Å². The van der Waals surface area contributed by atoms with Gasteiger partial charge in [0, 0.05) is 6.08 Å². The van der Waals surface area contributed by atoms with E-state index in [2.05, 4.69) is 16.2 Å². The molecule has 0 aliphatic carbocycles. The Morgan fingerprint density at radius 3 is 2.59 bits per heavy atom. The third-order valence-electron chi connectivity index (χ3n) is 3.87. The third kappa shape index (κ3) is 4.59. The standard InChI is InChI=1S/C20H17N3O3S/c1-13-16(11-12-26-13)19(25)22-23-20(27)21-18(24)10-9-15-7-4-6-14-5-2-3-8-17(14)15/h2-12H,1H3,(H,22,25)(H2,21,23,24,27). The predicted molar refractivity (Wildman–Crippen MR) is 108 cm³/mol. The van der Waals surface area contributed by atoms with Crippen LogP contribution in [-0.2, 0) is 4.79 Å². The first-order valence-corrected chi connectivity index (χ1v) is 8.56. The molecule has 6 nitrogen and oxygen atoms in total. The van der Waals surface area contributed by atoms with Crippen molar-refractivity contribution in [3.05, 3.63) is 77.8 Å². The fourth-order valence-corrected chi connectivity index (χ4v) is 2.70. The van der Waals surface area contributed by atoms with Crippen LogP contribution in [0.1, 0.15) is 21.7 Å². The van der Waals surface area contributed by atoms with Gasteiger partial charge >= 0.3 is 0 Å². The van der Waals surface area contributed by atoms with E-state index in [-0.39, 0.29) is 5.11 Å². The predicted octanol–water partition coefficient (Wildman–Crippen LogP) is 3.09. The summed E-state index contributed by atoms with van der Waals surface area (Å²) in [6, 6.07) is 15.3. The average Bonchev–Trinajstić information content (AvgIpc) is 3.10. The molecule has 2 aromatic carbocycles. The number of hydrogen-bond acceptors (Lipinski definition) is 4. The van der Waals surface area contributed by atoms with Crippen LogP contribution in [-0.4, -0.2) is 16.9 Å². The number of amides is 2. The van der Waals surface area contributed by atoms with Crippen molar-refractivity contribution >= 4 is 46.0 Å². The maximum Gasteiger partial charge on any atom is 0.273 e. The number of carbonyl (C=O) groups excluding carboxylic acids is 2. The Morgan fingerprint density at radius 2 is 1.81 bits per heavy atom. The molecule has 0 spiro atoms. The van der Waals surface area contributed by atoms with Gasteiger partial charge in [-0.05, 0) is 47.6 Å². The zero-order valence-electron chi connectivity index (χ0n) is 14.5. The first-order chi connectivity index (χ1) is 13.0. The van der Waals surface area contributed by atoms with E-state index in [9.17, 15) is 9.59 Å². The van der Waals surface area contributed by atoms with Crippen molar-refractivity contribution in [2.24, 2.45) is 0 Å². The summed E-state index contributed by atoms with van der Waals surface area (Å²) in [4.78, 5) is 24.0. The van der Waals surface area contributed by atoms with E-state index < -0.39 is 11.8 Å². The van der Waals surface area contributed by atoms with Gasteiger partial charge in [-0.25, -0.2) is 0 Å². The molecule has 3 N–H and O–H groups in total. The third-order valence-corrected chi connectivity index (χ3v) is 4.07. The molecule has 0 unspecified atom stereocenters. The zero-order valence-corrected chi connectivity index (χ0v) is 15.3. The molecule has 1 heterocycles. The second-order valence-corrected chi connectivity index (χ2v) is 6.10. The van der Waals surface area contributed by atoms with Crippen molar-refractivity contribution < 1.29 is 14.0 Å². The van der Waals surface area contributed by atoms with Crippen molar-refractivity contribution in [3.63, 3.8) is 0 Å². The molecule has 0 aliphatic rings. The molecule has 27 heavy (non-hydrogen) atoms. The van der Waals surface area contributed by atoms with Gasteiger partial charge < -0.3 is 4.42 Å². The Kier molecular flexibility index (Phi) is 5.63. The zero-order chi connectivity index (χ0) is 19.2. The first kappa shape index (κ1) is 18.3. The summed E-state index contributed by atoms with van der Waals surface area (Å²) in [5.41, 5.74) is 6.19. The minimum absolute atomic E-state index is 0.0166. The van der Waals surface area contributed by atoms with Crippen LogP contribution in [0.3, 0.4) is 0 Å². The average molecular weight is 379 g/mol. The molecule has 0 aliphatic heterocycles. The Bertz CT molecular complexity index is 1030. The summed E-state index contributed by atoms with van der Waals surface area (Å²) in [6.45, 7) is 1.67. The maximum absolute atomic E-state index is 12.0.